The van der Waals surface area contributed by atoms with Gasteiger partial charge in [0.2, 0.25) is 0 Å². The predicted octanol–water partition coefficient (Wildman–Crippen LogP) is 3.43. The van der Waals surface area contributed by atoms with Gasteiger partial charge in [0, 0.05) is 35.8 Å². The van der Waals surface area contributed by atoms with Crippen molar-refractivity contribution in [2.45, 2.75) is 26.3 Å². The number of para-hydroxylation sites is 1. The summed E-state index contributed by atoms with van der Waals surface area (Å²) < 4.78 is 0. The van der Waals surface area contributed by atoms with E-state index in [1.165, 1.54) is 16.5 Å². The van der Waals surface area contributed by atoms with E-state index < -0.39 is 0 Å². The number of fused-ring (bicyclic) bond motifs is 1. The molecule has 3 N–H and O–H groups in total. The van der Waals surface area contributed by atoms with Crippen molar-refractivity contribution in [3.63, 3.8) is 0 Å². The molecule has 5 nitrogen and oxygen atoms in total. The highest BCUT2D eigenvalue weighted by Gasteiger charge is 2.03. The van der Waals surface area contributed by atoms with E-state index >= 15 is 0 Å². The molecule has 0 fully saturated rings. The van der Waals surface area contributed by atoms with Gasteiger partial charge in [-0.3, -0.25) is 0 Å². The first kappa shape index (κ1) is 14.4. The van der Waals surface area contributed by atoms with Crippen LogP contribution in [-0.4, -0.2) is 27.5 Å². The molecule has 0 amide bonds. The SMILES string of the molecule is CC(C)Nc1cc(NCCc2c[nH]c3ccccc23)ncn1. The van der Waals surface area contributed by atoms with Crippen molar-refractivity contribution in [1.29, 1.82) is 0 Å². The topological polar surface area (TPSA) is 65.6 Å². The highest BCUT2D eigenvalue weighted by molar-refractivity contribution is 5.83. The van der Waals surface area contributed by atoms with Crippen LogP contribution in [0.1, 0.15) is 19.4 Å². The number of rotatable bonds is 6. The minimum atomic E-state index is 0.356. The van der Waals surface area contributed by atoms with Gasteiger partial charge in [0.1, 0.15) is 18.0 Å². The Kier molecular flexibility index (Phi) is 4.23. The van der Waals surface area contributed by atoms with Crippen molar-refractivity contribution in [2.75, 3.05) is 17.2 Å². The van der Waals surface area contributed by atoms with Crippen LogP contribution in [0.2, 0.25) is 0 Å². The Morgan fingerprint density at radius 3 is 2.82 bits per heavy atom. The van der Waals surface area contributed by atoms with Crippen molar-refractivity contribution >= 4 is 22.5 Å². The molecule has 0 atom stereocenters. The van der Waals surface area contributed by atoms with E-state index in [0.29, 0.717) is 6.04 Å². The average Bonchev–Trinajstić information content (AvgIpc) is 2.91. The molecule has 22 heavy (non-hydrogen) atoms. The molecular weight excluding hydrogens is 274 g/mol. The highest BCUT2D eigenvalue weighted by atomic mass is 15.1. The van der Waals surface area contributed by atoms with Gasteiger partial charge in [-0.25, -0.2) is 9.97 Å². The lowest BCUT2D eigenvalue weighted by Gasteiger charge is -2.10. The second-order valence-corrected chi connectivity index (χ2v) is 5.62. The first-order chi connectivity index (χ1) is 10.7. The maximum Gasteiger partial charge on any atom is 0.131 e. The van der Waals surface area contributed by atoms with Gasteiger partial charge in [-0.15, -0.1) is 0 Å². The molecule has 0 spiro atoms. The molecule has 0 bridgehead atoms. The first-order valence-electron chi connectivity index (χ1n) is 7.60. The zero-order valence-electron chi connectivity index (χ0n) is 12.9. The van der Waals surface area contributed by atoms with Crippen LogP contribution in [0, 0.1) is 0 Å². The highest BCUT2D eigenvalue weighted by Crippen LogP contribution is 2.18. The summed E-state index contributed by atoms with van der Waals surface area (Å²) in [6, 6.07) is 10.7. The Balaban J connectivity index is 1.61. The zero-order chi connectivity index (χ0) is 15.4. The zero-order valence-corrected chi connectivity index (χ0v) is 12.9. The molecule has 0 aliphatic heterocycles. The summed E-state index contributed by atoms with van der Waals surface area (Å²) in [7, 11) is 0. The summed E-state index contributed by atoms with van der Waals surface area (Å²) >= 11 is 0. The van der Waals surface area contributed by atoms with Crippen molar-refractivity contribution in [1.82, 2.24) is 15.0 Å². The summed E-state index contributed by atoms with van der Waals surface area (Å²) in [5.41, 5.74) is 2.50. The van der Waals surface area contributed by atoms with Crippen LogP contribution in [0.15, 0.2) is 42.9 Å². The number of hydrogen-bond acceptors (Lipinski definition) is 4. The van der Waals surface area contributed by atoms with Gasteiger partial charge in [-0.2, -0.15) is 0 Å². The molecular formula is C17H21N5. The molecule has 2 aromatic heterocycles. The van der Waals surface area contributed by atoms with Gasteiger partial charge in [0.25, 0.3) is 0 Å². The molecule has 3 rings (SSSR count). The van der Waals surface area contributed by atoms with Gasteiger partial charge in [0.05, 0.1) is 0 Å². The molecule has 0 aliphatic rings. The van der Waals surface area contributed by atoms with Gasteiger partial charge in [0.15, 0.2) is 0 Å². The smallest absolute Gasteiger partial charge is 0.131 e. The van der Waals surface area contributed by atoms with E-state index in [1.807, 2.05) is 12.1 Å². The van der Waals surface area contributed by atoms with Gasteiger partial charge >= 0.3 is 0 Å². The number of anilines is 2. The lowest BCUT2D eigenvalue weighted by Crippen LogP contribution is -2.12. The second-order valence-electron chi connectivity index (χ2n) is 5.62. The Bertz CT molecular complexity index is 747. The van der Waals surface area contributed by atoms with E-state index in [0.717, 1.165) is 24.6 Å². The summed E-state index contributed by atoms with van der Waals surface area (Å²) in [5, 5.41) is 7.92. The van der Waals surface area contributed by atoms with Crippen LogP contribution in [0.4, 0.5) is 11.6 Å². The Hall–Kier alpha value is -2.56. The van der Waals surface area contributed by atoms with Crippen molar-refractivity contribution in [3.8, 4) is 0 Å². The number of hydrogen-bond donors (Lipinski definition) is 3. The number of aromatic nitrogens is 3. The Labute approximate surface area is 130 Å². The maximum absolute atomic E-state index is 4.26. The van der Waals surface area contributed by atoms with Gasteiger partial charge in [-0.1, -0.05) is 18.2 Å². The third-order valence-corrected chi connectivity index (χ3v) is 3.48. The minimum Gasteiger partial charge on any atom is -0.370 e. The number of nitrogens with one attached hydrogen (secondary N) is 3. The third-order valence-electron chi connectivity index (χ3n) is 3.48. The first-order valence-corrected chi connectivity index (χ1v) is 7.60. The number of benzene rings is 1. The quantitative estimate of drug-likeness (QED) is 0.652. The van der Waals surface area contributed by atoms with E-state index in [4.69, 9.17) is 0 Å². The van der Waals surface area contributed by atoms with Crippen LogP contribution in [0.5, 0.6) is 0 Å². The van der Waals surface area contributed by atoms with E-state index in [1.54, 1.807) is 6.33 Å². The van der Waals surface area contributed by atoms with Crippen LogP contribution < -0.4 is 10.6 Å². The van der Waals surface area contributed by atoms with Crippen molar-refractivity contribution in [2.24, 2.45) is 0 Å². The molecule has 5 heteroatoms. The summed E-state index contributed by atoms with van der Waals surface area (Å²) in [6.45, 7) is 5.01. The summed E-state index contributed by atoms with van der Waals surface area (Å²) in [4.78, 5) is 11.8. The molecule has 2 heterocycles. The minimum absolute atomic E-state index is 0.356. The van der Waals surface area contributed by atoms with E-state index in [9.17, 15) is 0 Å². The molecule has 0 radical (unpaired) electrons. The molecule has 1 aromatic carbocycles. The molecule has 0 aliphatic carbocycles. The van der Waals surface area contributed by atoms with Gasteiger partial charge < -0.3 is 15.6 Å². The van der Waals surface area contributed by atoms with E-state index in [-0.39, 0.29) is 0 Å². The maximum atomic E-state index is 4.26. The average molecular weight is 295 g/mol. The van der Waals surface area contributed by atoms with Crippen LogP contribution in [0.25, 0.3) is 10.9 Å². The van der Waals surface area contributed by atoms with Crippen LogP contribution >= 0.6 is 0 Å². The Morgan fingerprint density at radius 1 is 1.14 bits per heavy atom. The Morgan fingerprint density at radius 2 is 1.95 bits per heavy atom. The molecule has 0 unspecified atom stereocenters. The number of aromatic amines is 1. The fraction of sp³-hybridized carbons (Fsp3) is 0.294. The van der Waals surface area contributed by atoms with Crippen LogP contribution in [0.3, 0.4) is 0 Å². The summed E-state index contributed by atoms with van der Waals surface area (Å²) in [5.74, 6) is 1.69. The molecule has 114 valence electrons. The van der Waals surface area contributed by atoms with Crippen LogP contribution in [-0.2, 0) is 6.42 Å². The fourth-order valence-electron chi connectivity index (χ4n) is 2.49. The molecule has 0 saturated heterocycles. The molecule has 3 aromatic rings. The van der Waals surface area contributed by atoms with Gasteiger partial charge in [-0.05, 0) is 31.9 Å². The fourth-order valence-corrected chi connectivity index (χ4v) is 2.49. The van der Waals surface area contributed by atoms with Crippen molar-refractivity contribution < 1.29 is 0 Å². The predicted molar refractivity (Wildman–Crippen MR) is 91.3 cm³/mol. The normalized spacial score (nSPS) is 11.0. The number of H-pyrrole nitrogens is 1. The third kappa shape index (κ3) is 3.36. The van der Waals surface area contributed by atoms with Crippen molar-refractivity contribution in [3.05, 3.63) is 48.4 Å². The lowest BCUT2D eigenvalue weighted by atomic mass is 10.1. The standard InChI is InChI=1S/C17H21N5/c1-12(2)22-17-9-16(20-11-21-17)18-8-7-13-10-19-15-6-4-3-5-14(13)15/h3-6,9-12,19H,7-8H2,1-2H3,(H2,18,20,21,22). The summed E-state index contributed by atoms with van der Waals surface area (Å²) in [6.07, 6.45) is 4.61. The lowest BCUT2D eigenvalue weighted by molar-refractivity contribution is 0.885. The molecule has 0 saturated carbocycles. The number of nitrogens with zero attached hydrogens (tertiary/aromatic N) is 2. The monoisotopic (exact) mass is 295 g/mol. The van der Waals surface area contributed by atoms with E-state index in [2.05, 4.69) is 63.8 Å². The largest absolute Gasteiger partial charge is 0.370 e. The second kappa shape index (κ2) is 6.47.